The summed E-state index contributed by atoms with van der Waals surface area (Å²) in [4.78, 5) is 23.1. The van der Waals surface area contributed by atoms with Gasteiger partial charge in [-0.1, -0.05) is 25.1 Å². The molecule has 0 bridgehead atoms. The van der Waals surface area contributed by atoms with Crippen molar-refractivity contribution in [3.8, 4) is 5.75 Å². The number of benzene rings is 1. The lowest BCUT2D eigenvalue weighted by Gasteiger charge is -2.44. The van der Waals surface area contributed by atoms with Gasteiger partial charge in [0.25, 0.3) is 0 Å². The van der Waals surface area contributed by atoms with Crippen molar-refractivity contribution in [1.82, 2.24) is 5.32 Å². The number of carboxylic acid groups (broad SMARTS) is 1. The Hall–Kier alpha value is -2.49. The molecule has 9 heteroatoms. The van der Waals surface area contributed by atoms with Crippen LogP contribution in [0.4, 0.5) is 4.39 Å². The van der Waals surface area contributed by atoms with Crippen molar-refractivity contribution < 1.29 is 38.6 Å². The van der Waals surface area contributed by atoms with Crippen molar-refractivity contribution in [3.05, 3.63) is 35.7 Å². The van der Waals surface area contributed by atoms with Crippen LogP contribution in [0.2, 0.25) is 0 Å². The molecule has 35 heavy (non-hydrogen) atoms. The predicted molar refractivity (Wildman–Crippen MR) is 126 cm³/mol. The number of carbonyl (C=O) groups is 2. The van der Waals surface area contributed by atoms with Gasteiger partial charge in [-0.2, -0.15) is 0 Å². The number of allylic oxidation sites excluding steroid dienone is 1. The molecule has 1 aromatic carbocycles. The number of nitrogens with one attached hydrogen (secondary N) is 1. The van der Waals surface area contributed by atoms with Crippen LogP contribution in [0.15, 0.2) is 24.3 Å². The topological polar surface area (TPSA) is 111 Å². The van der Waals surface area contributed by atoms with E-state index in [4.69, 9.17) is 19.3 Å². The van der Waals surface area contributed by atoms with E-state index in [-0.39, 0.29) is 30.4 Å². The second-order valence-corrected chi connectivity index (χ2v) is 10.0. The number of hydrogen-bond donors (Lipinski definition) is 3. The van der Waals surface area contributed by atoms with Crippen molar-refractivity contribution in [2.24, 2.45) is 5.92 Å². The molecule has 3 unspecified atom stereocenters. The molecule has 3 aliphatic rings. The first-order chi connectivity index (χ1) is 16.9. The monoisotopic (exact) mass is 491 g/mol. The highest BCUT2D eigenvalue weighted by atomic mass is 19.1. The Labute approximate surface area is 205 Å². The van der Waals surface area contributed by atoms with Gasteiger partial charge in [0.1, 0.15) is 24.8 Å². The van der Waals surface area contributed by atoms with E-state index in [1.54, 1.807) is 12.1 Å². The molecule has 2 saturated heterocycles. The number of para-hydroxylation sites is 1. The summed E-state index contributed by atoms with van der Waals surface area (Å²) < 4.78 is 31.6. The number of carbonyl (C=O) groups excluding carboxylic acids is 1. The van der Waals surface area contributed by atoms with Gasteiger partial charge < -0.3 is 30.0 Å². The van der Waals surface area contributed by atoms with Gasteiger partial charge in [-0.25, -0.2) is 9.18 Å². The quantitative estimate of drug-likeness (QED) is 0.537. The van der Waals surface area contributed by atoms with E-state index in [0.717, 1.165) is 37.8 Å². The van der Waals surface area contributed by atoms with E-state index < -0.39 is 23.9 Å². The van der Waals surface area contributed by atoms with Crippen LogP contribution in [0.5, 0.6) is 5.75 Å². The number of halogens is 1. The summed E-state index contributed by atoms with van der Waals surface area (Å²) in [5, 5.41) is 14.5. The van der Waals surface area contributed by atoms with Crippen molar-refractivity contribution in [2.75, 3.05) is 33.0 Å². The third-order valence-corrected chi connectivity index (χ3v) is 7.28. The molecule has 2 aliphatic heterocycles. The lowest BCUT2D eigenvalue weighted by molar-refractivity contribution is -0.702. The van der Waals surface area contributed by atoms with Gasteiger partial charge in [0.05, 0.1) is 19.3 Å². The number of morpholine rings is 1. The molecule has 4 rings (SSSR count). The number of aliphatic carboxylic acids is 1. The number of rotatable bonds is 7. The number of amides is 1. The summed E-state index contributed by atoms with van der Waals surface area (Å²) >= 11 is 0. The van der Waals surface area contributed by atoms with Crippen LogP contribution < -0.4 is 15.4 Å². The molecule has 1 amide bonds. The summed E-state index contributed by atoms with van der Waals surface area (Å²) in [5.74, 6) is -1.31. The van der Waals surface area contributed by atoms with Gasteiger partial charge in [-0.15, -0.1) is 0 Å². The van der Waals surface area contributed by atoms with E-state index in [1.807, 2.05) is 6.08 Å². The molecule has 192 valence electrons. The molecular weight excluding hydrogens is 455 g/mol. The average Bonchev–Trinajstić information content (AvgIpc) is 2.82. The highest BCUT2D eigenvalue weighted by molar-refractivity contribution is 5.79. The Bertz CT molecular complexity index is 954. The fraction of sp³-hybridized carbons (Fsp3) is 0.615. The molecule has 8 nitrogen and oxygen atoms in total. The number of nitrogens with two attached hydrogens (primary N) is 1. The third-order valence-electron chi connectivity index (χ3n) is 7.28. The lowest BCUT2D eigenvalue weighted by atomic mass is 9.78. The molecule has 1 spiro atoms. The zero-order valence-corrected chi connectivity index (χ0v) is 20.3. The largest absolute Gasteiger partial charge is 0.479 e. The van der Waals surface area contributed by atoms with E-state index in [9.17, 15) is 14.0 Å². The van der Waals surface area contributed by atoms with E-state index in [0.29, 0.717) is 37.5 Å². The van der Waals surface area contributed by atoms with E-state index in [2.05, 4.69) is 17.6 Å². The van der Waals surface area contributed by atoms with Crippen molar-refractivity contribution in [2.45, 2.75) is 63.1 Å². The molecule has 4 atom stereocenters. The maximum absolute atomic E-state index is 14.3. The third kappa shape index (κ3) is 6.39. The Morgan fingerprint density at radius 1 is 1.37 bits per heavy atom. The number of carboxylic acids is 1. The number of hydrogen-bond acceptors (Lipinski definition) is 5. The standard InChI is InChI=1S/C26H35FN2O6/c1-17-4-3-11-28-22(26(12-17)16-33-14-23(30)29-26)13-34-19-9-7-18(8-10-19)20-5-2-6-21(27)25(20)35-15-24(31)32/h2,5-7,17,19,22,28H,3-4,8-16H2,1H3,(H,29,30)(H,31,32)/p+1/t17-,19?,22?,26?/m0/s1. The second kappa shape index (κ2) is 11.5. The molecule has 2 fully saturated rings. The molecule has 1 aliphatic carbocycles. The summed E-state index contributed by atoms with van der Waals surface area (Å²) in [6, 6.07) is 4.70. The summed E-state index contributed by atoms with van der Waals surface area (Å²) in [6.45, 7) is 3.76. The Kier molecular flexibility index (Phi) is 8.41. The van der Waals surface area contributed by atoms with Crippen LogP contribution >= 0.6 is 0 Å². The highest BCUT2D eigenvalue weighted by Gasteiger charge is 2.47. The molecular formula is C26H36FN2O6+. The minimum Gasteiger partial charge on any atom is -0.479 e. The van der Waals surface area contributed by atoms with Gasteiger partial charge >= 0.3 is 5.97 Å². The highest BCUT2D eigenvalue weighted by Crippen LogP contribution is 2.36. The van der Waals surface area contributed by atoms with Gasteiger partial charge in [0, 0.05) is 5.56 Å². The van der Waals surface area contributed by atoms with E-state index >= 15 is 0 Å². The van der Waals surface area contributed by atoms with Gasteiger partial charge in [0.15, 0.2) is 18.2 Å². The normalized spacial score (nSPS) is 29.6. The van der Waals surface area contributed by atoms with Gasteiger partial charge in [-0.3, -0.25) is 4.79 Å². The first-order valence-electron chi connectivity index (χ1n) is 12.5. The van der Waals surface area contributed by atoms with Gasteiger partial charge in [0.2, 0.25) is 5.91 Å². The maximum atomic E-state index is 14.3. The fourth-order valence-electron chi connectivity index (χ4n) is 5.59. The lowest BCUT2D eigenvalue weighted by Crippen LogP contribution is -2.98. The van der Waals surface area contributed by atoms with Crippen LogP contribution in [0.3, 0.4) is 0 Å². The molecule has 0 saturated carbocycles. The zero-order chi connectivity index (χ0) is 24.8. The molecule has 0 aromatic heterocycles. The number of quaternary nitrogens is 1. The van der Waals surface area contributed by atoms with Crippen molar-refractivity contribution >= 4 is 17.4 Å². The zero-order valence-electron chi connectivity index (χ0n) is 20.3. The van der Waals surface area contributed by atoms with E-state index in [1.165, 1.54) is 6.07 Å². The minimum atomic E-state index is -1.15. The molecule has 0 radical (unpaired) electrons. The fourth-order valence-corrected chi connectivity index (χ4v) is 5.59. The second-order valence-electron chi connectivity index (χ2n) is 10.0. The van der Waals surface area contributed by atoms with Crippen molar-refractivity contribution in [3.63, 3.8) is 0 Å². The average molecular weight is 492 g/mol. The summed E-state index contributed by atoms with van der Waals surface area (Å²) in [7, 11) is 0. The van der Waals surface area contributed by atoms with Gasteiger partial charge in [-0.05, 0) is 56.1 Å². The van der Waals surface area contributed by atoms with Crippen LogP contribution in [0.1, 0.15) is 51.0 Å². The molecule has 2 heterocycles. The minimum absolute atomic E-state index is 0.0178. The predicted octanol–water partition coefficient (Wildman–Crippen LogP) is 1.88. The SMILES string of the molecule is C[C@H]1CCC[NH2+]C(COC2CC=C(c3cccc(F)c3OCC(=O)O)CC2)C2(COCC(=O)N2)C1. The Morgan fingerprint density at radius 2 is 2.23 bits per heavy atom. The first kappa shape index (κ1) is 25.6. The van der Waals surface area contributed by atoms with Crippen LogP contribution in [-0.2, 0) is 19.1 Å². The number of ether oxygens (including phenoxy) is 3. The van der Waals surface area contributed by atoms with Crippen molar-refractivity contribution in [1.29, 1.82) is 0 Å². The van der Waals surface area contributed by atoms with Crippen LogP contribution in [-0.4, -0.2) is 67.6 Å². The summed E-state index contributed by atoms with van der Waals surface area (Å²) in [6.07, 6.45) is 7.30. The smallest absolute Gasteiger partial charge is 0.341 e. The Morgan fingerprint density at radius 3 is 2.97 bits per heavy atom. The molecule has 4 N–H and O–H groups in total. The summed E-state index contributed by atoms with van der Waals surface area (Å²) in [5.41, 5.74) is 1.09. The maximum Gasteiger partial charge on any atom is 0.341 e. The molecule has 1 aromatic rings. The first-order valence-corrected chi connectivity index (χ1v) is 12.5. The Balaban J connectivity index is 1.41. The van der Waals surface area contributed by atoms with Crippen LogP contribution in [0.25, 0.3) is 5.57 Å². The van der Waals surface area contributed by atoms with Crippen LogP contribution in [0, 0.1) is 11.7 Å².